The number of furan rings is 2. The number of hydrogen-bond acceptors (Lipinski definition) is 5. The van der Waals surface area contributed by atoms with E-state index in [4.69, 9.17) is 18.8 Å². The number of fused-ring (bicyclic) bond motifs is 6. The molecule has 0 bridgehead atoms. The molecular weight excluding hydrogens is 615 g/mol. The van der Waals surface area contributed by atoms with E-state index in [9.17, 15) is 0 Å². The molecule has 236 valence electrons. The van der Waals surface area contributed by atoms with E-state index in [0.29, 0.717) is 5.84 Å². The largest absolute Gasteiger partial charge is 0.456 e. The standard InChI is InChI=1S/C45H29N3O2/c1-3-11-28(12-4-1)29-21-23-30(24-22-29)32-25-26-34-40(27-32)50-39-20-10-17-36(42(34)39)45-47-43(31-13-5-2-6-14-31)46-44(48-45)35-16-9-19-38-41(35)33-15-7-8-18-37(33)49-38/h1-27,44H,(H,46,47,48). The lowest BCUT2D eigenvalue weighted by molar-refractivity contribution is 0.662. The topological polar surface area (TPSA) is 63.0 Å². The molecule has 0 spiro atoms. The molecule has 5 heteroatoms. The molecule has 0 saturated heterocycles. The summed E-state index contributed by atoms with van der Waals surface area (Å²) in [5.41, 5.74) is 10.9. The normalized spacial score (nSPS) is 14.6. The van der Waals surface area contributed by atoms with Crippen LogP contribution in [-0.2, 0) is 0 Å². The van der Waals surface area contributed by atoms with Gasteiger partial charge in [0.15, 0.2) is 5.84 Å². The lowest BCUT2D eigenvalue weighted by atomic mass is 9.98. The second-order valence-electron chi connectivity index (χ2n) is 12.6. The zero-order chi connectivity index (χ0) is 33.0. The van der Waals surface area contributed by atoms with Crippen molar-refractivity contribution >= 4 is 55.5 Å². The molecule has 5 nitrogen and oxygen atoms in total. The van der Waals surface area contributed by atoms with Crippen molar-refractivity contribution < 1.29 is 8.83 Å². The molecule has 1 aliphatic heterocycles. The Balaban J connectivity index is 1.11. The van der Waals surface area contributed by atoms with E-state index in [2.05, 4.69) is 102 Å². The van der Waals surface area contributed by atoms with Crippen molar-refractivity contribution in [3.8, 4) is 22.3 Å². The van der Waals surface area contributed by atoms with Crippen molar-refractivity contribution in [3.05, 3.63) is 180 Å². The maximum absolute atomic E-state index is 6.53. The van der Waals surface area contributed by atoms with E-state index < -0.39 is 6.17 Å². The molecule has 10 rings (SSSR count). The van der Waals surface area contributed by atoms with Crippen LogP contribution in [0, 0.1) is 0 Å². The van der Waals surface area contributed by atoms with Gasteiger partial charge in [-0.2, -0.15) is 0 Å². The number of nitrogens with one attached hydrogen (secondary N) is 1. The number of rotatable bonds is 5. The van der Waals surface area contributed by atoms with Gasteiger partial charge < -0.3 is 14.2 Å². The van der Waals surface area contributed by atoms with E-state index in [1.54, 1.807) is 0 Å². The van der Waals surface area contributed by atoms with E-state index in [-0.39, 0.29) is 0 Å². The summed E-state index contributed by atoms with van der Waals surface area (Å²) in [6.45, 7) is 0. The molecule has 1 unspecified atom stereocenters. The van der Waals surface area contributed by atoms with Crippen LogP contribution in [-0.4, -0.2) is 11.7 Å². The maximum atomic E-state index is 6.53. The van der Waals surface area contributed by atoms with Gasteiger partial charge in [0.1, 0.15) is 34.3 Å². The molecule has 2 aromatic heterocycles. The first-order chi connectivity index (χ1) is 24.8. The third-order valence-corrected chi connectivity index (χ3v) is 9.58. The maximum Gasteiger partial charge on any atom is 0.160 e. The van der Waals surface area contributed by atoms with Gasteiger partial charge in [0, 0.05) is 38.2 Å². The number of para-hydroxylation sites is 1. The van der Waals surface area contributed by atoms with Gasteiger partial charge in [-0.05, 0) is 52.6 Å². The first-order valence-corrected chi connectivity index (χ1v) is 16.8. The lowest BCUT2D eigenvalue weighted by Crippen LogP contribution is -2.33. The SMILES string of the molecule is c1ccc(C2=NC(c3cccc4oc5cc(-c6ccc(-c7ccccc7)cc6)ccc5c34)=NC(c3cccc4oc5ccccc5c34)N2)cc1. The summed E-state index contributed by atoms with van der Waals surface area (Å²) in [6.07, 6.45) is -0.402. The van der Waals surface area contributed by atoms with Crippen LogP contribution in [0.15, 0.2) is 183 Å². The quantitative estimate of drug-likeness (QED) is 0.203. The van der Waals surface area contributed by atoms with Crippen molar-refractivity contribution in [1.29, 1.82) is 0 Å². The van der Waals surface area contributed by atoms with Crippen LogP contribution in [0.5, 0.6) is 0 Å². The summed E-state index contributed by atoms with van der Waals surface area (Å²) in [5.74, 6) is 1.41. The molecule has 50 heavy (non-hydrogen) atoms. The van der Waals surface area contributed by atoms with Crippen molar-refractivity contribution in [3.63, 3.8) is 0 Å². The smallest absolute Gasteiger partial charge is 0.160 e. The van der Waals surface area contributed by atoms with Gasteiger partial charge in [0.05, 0.1) is 0 Å². The van der Waals surface area contributed by atoms with Crippen LogP contribution in [0.25, 0.3) is 66.1 Å². The van der Waals surface area contributed by atoms with Crippen molar-refractivity contribution in [2.75, 3.05) is 0 Å². The molecule has 3 heterocycles. The van der Waals surface area contributed by atoms with Crippen LogP contribution in [0.3, 0.4) is 0 Å². The monoisotopic (exact) mass is 643 g/mol. The zero-order valence-electron chi connectivity index (χ0n) is 26.9. The van der Waals surface area contributed by atoms with Gasteiger partial charge in [-0.1, -0.05) is 133 Å². The van der Waals surface area contributed by atoms with Gasteiger partial charge in [-0.3, -0.25) is 0 Å². The third-order valence-electron chi connectivity index (χ3n) is 9.58. The first kappa shape index (κ1) is 28.3. The van der Waals surface area contributed by atoms with Crippen LogP contribution < -0.4 is 5.32 Å². The molecule has 0 radical (unpaired) electrons. The molecule has 1 aliphatic rings. The molecular formula is C45H29N3O2. The average Bonchev–Trinajstić information content (AvgIpc) is 3.77. The van der Waals surface area contributed by atoms with Crippen LogP contribution >= 0.6 is 0 Å². The number of benzene rings is 7. The molecule has 0 aliphatic carbocycles. The highest BCUT2D eigenvalue weighted by molar-refractivity contribution is 6.22. The number of amidine groups is 2. The highest BCUT2D eigenvalue weighted by Gasteiger charge is 2.26. The predicted octanol–water partition coefficient (Wildman–Crippen LogP) is 11.3. The Labute approximate surface area is 287 Å². The van der Waals surface area contributed by atoms with E-state index in [1.165, 1.54) is 11.1 Å². The molecule has 9 aromatic rings. The van der Waals surface area contributed by atoms with Crippen LogP contribution in [0.1, 0.15) is 22.9 Å². The molecule has 0 amide bonds. The van der Waals surface area contributed by atoms with Gasteiger partial charge in [0.25, 0.3) is 0 Å². The summed E-state index contributed by atoms with van der Waals surface area (Å²) < 4.78 is 12.8. The Kier molecular flexibility index (Phi) is 6.49. The minimum Gasteiger partial charge on any atom is -0.456 e. The molecule has 1 N–H and O–H groups in total. The summed E-state index contributed by atoms with van der Waals surface area (Å²) in [6, 6.07) is 56.3. The van der Waals surface area contributed by atoms with Gasteiger partial charge in [0.2, 0.25) is 0 Å². The molecule has 1 atom stereocenters. The Hall–Kier alpha value is -6.72. The Morgan fingerprint density at radius 3 is 1.82 bits per heavy atom. The summed E-state index contributed by atoms with van der Waals surface area (Å²) in [4.78, 5) is 10.5. The van der Waals surface area contributed by atoms with Gasteiger partial charge >= 0.3 is 0 Å². The van der Waals surface area contributed by atoms with Gasteiger partial charge in [-0.25, -0.2) is 9.98 Å². The fourth-order valence-corrected chi connectivity index (χ4v) is 7.18. The Bertz CT molecular complexity index is 2770. The molecule has 0 fully saturated rings. The number of hydrogen-bond donors (Lipinski definition) is 1. The van der Waals surface area contributed by atoms with Gasteiger partial charge in [-0.15, -0.1) is 0 Å². The molecule has 0 saturated carbocycles. The Morgan fingerprint density at radius 1 is 0.440 bits per heavy atom. The zero-order valence-corrected chi connectivity index (χ0v) is 26.9. The van der Waals surface area contributed by atoms with E-state index >= 15 is 0 Å². The van der Waals surface area contributed by atoms with Crippen molar-refractivity contribution in [1.82, 2.24) is 5.32 Å². The average molecular weight is 644 g/mol. The summed E-state index contributed by atoms with van der Waals surface area (Å²) in [5, 5.41) is 7.78. The molecule has 7 aromatic carbocycles. The fourth-order valence-electron chi connectivity index (χ4n) is 7.18. The third kappa shape index (κ3) is 4.71. The summed E-state index contributed by atoms with van der Waals surface area (Å²) >= 11 is 0. The van der Waals surface area contributed by atoms with Crippen LogP contribution in [0.2, 0.25) is 0 Å². The fraction of sp³-hybridized carbons (Fsp3) is 0.0222. The van der Waals surface area contributed by atoms with Crippen molar-refractivity contribution in [2.24, 2.45) is 9.98 Å². The highest BCUT2D eigenvalue weighted by atomic mass is 16.3. The summed E-state index contributed by atoms with van der Waals surface area (Å²) in [7, 11) is 0. The second kappa shape index (κ2) is 11.5. The predicted molar refractivity (Wildman–Crippen MR) is 204 cm³/mol. The lowest BCUT2D eigenvalue weighted by Gasteiger charge is -2.24. The number of nitrogens with zero attached hydrogens (tertiary/aromatic N) is 2. The first-order valence-electron chi connectivity index (χ1n) is 16.8. The van der Waals surface area contributed by atoms with E-state index in [0.717, 1.165) is 77.5 Å². The van der Waals surface area contributed by atoms with Crippen molar-refractivity contribution in [2.45, 2.75) is 6.17 Å². The second-order valence-corrected chi connectivity index (χ2v) is 12.6. The minimum atomic E-state index is -0.402. The highest BCUT2D eigenvalue weighted by Crippen LogP contribution is 2.38. The Morgan fingerprint density at radius 2 is 1.02 bits per heavy atom. The number of aliphatic imine (C=N–C) groups is 2. The van der Waals surface area contributed by atoms with E-state index in [1.807, 2.05) is 66.7 Å². The van der Waals surface area contributed by atoms with Crippen LogP contribution in [0.4, 0.5) is 0 Å². The minimum absolute atomic E-state index is 0.402.